The lowest BCUT2D eigenvalue weighted by molar-refractivity contribution is 1.18. The molecule has 0 atom stereocenters. The molecular weight excluding hydrogens is 801 g/mol. The van der Waals surface area contributed by atoms with Gasteiger partial charge in [0.25, 0.3) is 0 Å². The predicted molar refractivity (Wildman–Crippen MR) is 279 cm³/mol. The zero-order valence-corrected chi connectivity index (χ0v) is 36.0. The third-order valence-corrected chi connectivity index (χ3v) is 13.2. The Kier molecular flexibility index (Phi) is 8.81. The minimum absolute atomic E-state index is 1.07. The first-order valence-corrected chi connectivity index (χ1v) is 22.6. The Balaban J connectivity index is 0.983. The van der Waals surface area contributed by atoms with Crippen LogP contribution in [0.3, 0.4) is 0 Å². The van der Waals surface area contributed by atoms with Gasteiger partial charge in [0.2, 0.25) is 0 Å². The van der Waals surface area contributed by atoms with Crippen molar-refractivity contribution in [2.45, 2.75) is 0 Å². The van der Waals surface area contributed by atoms with E-state index in [-0.39, 0.29) is 0 Å². The second kappa shape index (κ2) is 15.4. The average Bonchev–Trinajstić information content (AvgIpc) is 3.90. The molecule has 0 saturated heterocycles. The van der Waals surface area contributed by atoms with Crippen molar-refractivity contribution >= 4 is 99.3 Å². The molecule has 2 heterocycles. The minimum atomic E-state index is 1.07. The van der Waals surface area contributed by atoms with E-state index >= 15 is 0 Å². The van der Waals surface area contributed by atoms with Crippen molar-refractivity contribution < 1.29 is 0 Å². The van der Waals surface area contributed by atoms with Gasteiger partial charge in [-0.2, -0.15) is 0 Å². The highest BCUT2D eigenvalue weighted by Gasteiger charge is 2.21. The molecule has 2 aromatic heterocycles. The maximum absolute atomic E-state index is 2.40. The van der Waals surface area contributed by atoms with Gasteiger partial charge in [0, 0.05) is 67.0 Å². The van der Waals surface area contributed by atoms with E-state index in [0.29, 0.717) is 0 Å². The van der Waals surface area contributed by atoms with E-state index in [0.717, 1.165) is 45.5 Å². The second-order valence-corrected chi connectivity index (χ2v) is 17.0. The molecule has 0 amide bonds. The number of hydrogen-bond acceptors (Lipinski definition) is 2. The molecule has 0 unspecified atom stereocenters. The van der Waals surface area contributed by atoms with Crippen molar-refractivity contribution in [3.63, 3.8) is 0 Å². The lowest BCUT2D eigenvalue weighted by Crippen LogP contribution is -2.12. The van der Waals surface area contributed by atoms with E-state index in [2.05, 4.69) is 274 Å². The smallest absolute Gasteiger partial charge is 0.0542 e. The highest BCUT2D eigenvalue weighted by molar-refractivity contribution is 6.12. The number of fused-ring (bicyclic) bond motifs is 8. The quantitative estimate of drug-likeness (QED) is 0.152. The Hall–Kier alpha value is -8.86. The Labute approximate surface area is 382 Å². The molecule has 4 nitrogen and oxygen atoms in total. The summed E-state index contributed by atoms with van der Waals surface area (Å²) in [7, 11) is 0. The zero-order valence-electron chi connectivity index (χ0n) is 36.0. The first kappa shape index (κ1) is 37.7. The molecule has 0 N–H and O–H groups in total. The van der Waals surface area contributed by atoms with Gasteiger partial charge in [0.15, 0.2) is 0 Å². The van der Waals surface area contributed by atoms with Gasteiger partial charge in [-0.15, -0.1) is 0 Å². The fourth-order valence-corrected chi connectivity index (χ4v) is 10.2. The van der Waals surface area contributed by atoms with E-state index in [1.807, 2.05) is 0 Å². The van der Waals surface area contributed by atoms with Crippen LogP contribution in [0.15, 0.2) is 255 Å². The monoisotopic (exact) mass is 842 g/mol. The molecule has 310 valence electrons. The molecule has 0 aliphatic rings. The average molecular weight is 843 g/mol. The third-order valence-electron chi connectivity index (χ3n) is 13.2. The molecule has 13 rings (SSSR count). The molecule has 0 radical (unpaired) electrons. The van der Waals surface area contributed by atoms with Gasteiger partial charge in [-0.25, -0.2) is 0 Å². The summed E-state index contributed by atoms with van der Waals surface area (Å²) >= 11 is 0. The lowest BCUT2D eigenvalue weighted by Gasteiger charge is -2.29. The first-order chi connectivity index (χ1) is 32.7. The standard InChI is InChI=1S/C62H42N4/c1-3-19-47(20-4-1)65-59-25-13-11-23-55(59)57-41-53(35-37-61(57)65)63(51-29-27-43-15-7-9-17-45(43)39-51)49-31-33-50(34-32-49)64(52-30-28-44-16-8-10-18-46(44)40-52)54-36-38-62-58(42-54)56-24-12-14-26-60(56)66(62)48-21-5-2-6-22-48/h1-42H. The van der Waals surface area contributed by atoms with Crippen molar-refractivity contribution in [2.75, 3.05) is 9.80 Å². The molecule has 4 heteroatoms. The Morgan fingerprint density at radius 2 is 0.530 bits per heavy atom. The van der Waals surface area contributed by atoms with Crippen LogP contribution >= 0.6 is 0 Å². The number of anilines is 6. The number of rotatable bonds is 8. The van der Waals surface area contributed by atoms with E-state index < -0.39 is 0 Å². The van der Waals surface area contributed by atoms with E-state index in [4.69, 9.17) is 0 Å². The van der Waals surface area contributed by atoms with Crippen molar-refractivity contribution in [2.24, 2.45) is 0 Å². The van der Waals surface area contributed by atoms with Crippen LogP contribution in [-0.4, -0.2) is 9.13 Å². The van der Waals surface area contributed by atoms with Crippen LogP contribution in [0.5, 0.6) is 0 Å². The predicted octanol–water partition coefficient (Wildman–Crippen LogP) is 17.1. The van der Waals surface area contributed by atoms with Crippen LogP contribution in [0.1, 0.15) is 0 Å². The molecule has 66 heavy (non-hydrogen) atoms. The van der Waals surface area contributed by atoms with Gasteiger partial charge in [-0.05, 0) is 143 Å². The molecule has 13 aromatic rings. The van der Waals surface area contributed by atoms with Crippen molar-refractivity contribution in [1.82, 2.24) is 9.13 Å². The summed E-state index contributed by atoms with van der Waals surface area (Å²) < 4.78 is 4.75. The van der Waals surface area contributed by atoms with Crippen LogP contribution in [-0.2, 0) is 0 Å². The van der Waals surface area contributed by atoms with Crippen LogP contribution in [0.2, 0.25) is 0 Å². The molecule has 0 fully saturated rings. The minimum Gasteiger partial charge on any atom is -0.310 e. The zero-order chi connectivity index (χ0) is 43.6. The van der Waals surface area contributed by atoms with Crippen molar-refractivity contribution in [3.05, 3.63) is 255 Å². The maximum Gasteiger partial charge on any atom is 0.0542 e. The Morgan fingerprint density at radius 1 is 0.212 bits per heavy atom. The summed E-state index contributed by atoms with van der Waals surface area (Å²) in [5.74, 6) is 0. The fraction of sp³-hybridized carbons (Fsp3) is 0. The molecule has 0 aliphatic heterocycles. The van der Waals surface area contributed by atoms with Gasteiger partial charge in [-0.1, -0.05) is 133 Å². The Bertz CT molecular complexity index is 3680. The normalized spacial score (nSPS) is 11.6. The third kappa shape index (κ3) is 6.22. The van der Waals surface area contributed by atoms with Gasteiger partial charge in [0.1, 0.15) is 0 Å². The number of para-hydroxylation sites is 4. The molecule has 11 aromatic carbocycles. The number of hydrogen-bond donors (Lipinski definition) is 0. The van der Waals surface area contributed by atoms with E-state index in [1.165, 1.54) is 65.2 Å². The molecule has 0 aliphatic carbocycles. The summed E-state index contributed by atoms with van der Waals surface area (Å²) in [5.41, 5.74) is 13.5. The van der Waals surface area contributed by atoms with Gasteiger partial charge < -0.3 is 18.9 Å². The number of aromatic nitrogens is 2. The van der Waals surface area contributed by atoms with Crippen molar-refractivity contribution in [1.29, 1.82) is 0 Å². The lowest BCUT2D eigenvalue weighted by atomic mass is 10.1. The Morgan fingerprint density at radius 3 is 0.970 bits per heavy atom. The number of benzene rings is 11. The summed E-state index contributed by atoms with van der Waals surface area (Å²) in [6.07, 6.45) is 0. The SMILES string of the molecule is c1ccc(-n2c3ccccc3c3cc(N(c4ccc(N(c5ccc6ccccc6c5)c5ccc6c(c5)c5ccccc5n6-c5ccccc5)cc4)c4ccc5ccccc5c4)ccc32)cc1. The summed E-state index contributed by atoms with van der Waals surface area (Å²) in [6, 6.07) is 92.5. The van der Waals surface area contributed by atoms with Crippen LogP contribution < -0.4 is 9.80 Å². The van der Waals surface area contributed by atoms with E-state index in [1.54, 1.807) is 0 Å². The largest absolute Gasteiger partial charge is 0.310 e. The maximum atomic E-state index is 2.40. The molecule has 0 saturated carbocycles. The summed E-state index contributed by atoms with van der Waals surface area (Å²) in [6.45, 7) is 0. The molecule has 0 bridgehead atoms. The summed E-state index contributed by atoms with van der Waals surface area (Å²) in [4.78, 5) is 4.80. The molecular formula is C62H42N4. The van der Waals surface area contributed by atoms with Crippen LogP contribution in [0.4, 0.5) is 34.1 Å². The second-order valence-electron chi connectivity index (χ2n) is 17.0. The van der Waals surface area contributed by atoms with Gasteiger partial charge in [-0.3, -0.25) is 0 Å². The number of nitrogens with zero attached hydrogens (tertiary/aromatic N) is 4. The van der Waals surface area contributed by atoms with Gasteiger partial charge in [0.05, 0.1) is 22.1 Å². The van der Waals surface area contributed by atoms with E-state index in [9.17, 15) is 0 Å². The highest BCUT2D eigenvalue weighted by atomic mass is 15.2. The summed E-state index contributed by atoms with van der Waals surface area (Å²) in [5, 5.41) is 9.70. The fourth-order valence-electron chi connectivity index (χ4n) is 10.2. The molecule has 0 spiro atoms. The topological polar surface area (TPSA) is 16.3 Å². The first-order valence-electron chi connectivity index (χ1n) is 22.6. The van der Waals surface area contributed by atoms with Crippen LogP contribution in [0, 0.1) is 0 Å². The van der Waals surface area contributed by atoms with Gasteiger partial charge >= 0.3 is 0 Å². The highest BCUT2D eigenvalue weighted by Crippen LogP contribution is 2.44. The van der Waals surface area contributed by atoms with Crippen LogP contribution in [0.25, 0.3) is 76.5 Å². The van der Waals surface area contributed by atoms with Crippen molar-refractivity contribution in [3.8, 4) is 11.4 Å².